The van der Waals surface area contributed by atoms with E-state index in [4.69, 9.17) is 21.0 Å². The summed E-state index contributed by atoms with van der Waals surface area (Å²) in [5, 5.41) is 32.2. The molecule has 0 saturated heterocycles. The molecule has 3 aromatic rings. The zero-order valence-electron chi connectivity index (χ0n) is 16.0. The van der Waals surface area contributed by atoms with Gasteiger partial charge in [-0.1, -0.05) is 6.07 Å². The molecule has 8 nitrogen and oxygen atoms in total. The van der Waals surface area contributed by atoms with Gasteiger partial charge in [0.05, 0.1) is 35.1 Å². The molecule has 1 amide bonds. The summed E-state index contributed by atoms with van der Waals surface area (Å²) in [6, 6.07) is 10.8. The summed E-state index contributed by atoms with van der Waals surface area (Å²) in [5.74, 6) is -1.21. The predicted molar refractivity (Wildman–Crippen MR) is 108 cm³/mol. The van der Waals surface area contributed by atoms with Crippen LogP contribution in [-0.4, -0.2) is 52.6 Å². The number of nitrogens with one attached hydrogen (secondary N) is 2. The topological polar surface area (TPSA) is 120 Å². The summed E-state index contributed by atoms with van der Waals surface area (Å²) in [6.07, 6.45) is 1.76. The molecule has 3 N–H and O–H groups in total. The molecule has 1 aromatic carbocycles. The lowest BCUT2D eigenvalue weighted by molar-refractivity contribution is 0.0941. The van der Waals surface area contributed by atoms with Crippen molar-refractivity contribution in [1.29, 1.82) is 5.26 Å². The number of benzene rings is 1. The number of carbonyl (C=O) groups is 1. The maximum absolute atomic E-state index is 12.3. The molecular formula is C19H18B2N6O2. The van der Waals surface area contributed by atoms with Crippen LogP contribution in [-0.2, 0) is 12.0 Å². The van der Waals surface area contributed by atoms with Crippen LogP contribution in [0.25, 0.3) is 11.3 Å². The summed E-state index contributed by atoms with van der Waals surface area (Å²) < 4.78 is 1.62. The number of rotatable bonds is 6. The van der Waals surface area contributed by atoms with Crippen LogP contribution in [0.1, 0.15) is 34.2 Å². The molecule has 4 radical (unpaired) electrons. The SMILES string of the molecule is [B]C(Cn1ccc(-c2ccc(C#N)c(C)c2)n1)NC(=O)c1cc(C([B])(C)O)[nH]n1. The van der Waals surface area contributed by atoms with Gasteiger partial charge >= 0.3 is 0 Å². The zero-order valence-corrected chi connectivity index (χ0v) is 16.0. The van der Waals surface area contributed by atoms with Crippen molar-refractivity contribution in [1.82, 2.24) is 25.3 Å². The number of nitrogens with zero attached hydrogens (tertiary/aromatic N) is 4. The number of amides is 1. The van der Waals surface area contributed by atoms with E-state index >= 15 is 0 Å². The smallest absolute Gasteiger partial charge is 0.271 e. The molecule has 0 saturated carbocycles. The van der Waals surface area contributed by atoms with E-state index in [-0.39, 0.29) is 17.9 Å². The Morgan fingerprint density at radius 3 is 2.83 bits per heavy atom. The van der Waals surface area contributed by atoms with Crippen molar-refractivity contribution in [2.75, 3.05) is 0 Å². The predicted octanol–water partition coefficient (Wildman–Crippen LogP) is 0.711. The number of hydrogen-bond donors (Lipinski definition) is 3. The van der Waals surface area contributed by atoms with Gasteiger partial charge in [0, 0.05) is 17.7 Å². The highest BCUT2D eigenvalue weighted by atomic mass is 16.3. The number of nitriles is 1. The van der Waals surface area contributed by atoms with Crippen LogP contribution >= 0.6 is 0 Å². The van der Waals surface area contributed by atoms with E-state index in [1.54, 1.807) is 16.9 Å². The van der Waals surface area contributed by atoms with Gasteiger partial charge in [-0.2, -0.15) is 15.5 Å². The van der Waals surface area contributed by atoms with Crippen LogP contribution in [0.15, 0.2) is 36.5 Å². The number of aliphatic hydroxyl groups is 1. The second-order valence-electron chi connectivity index (χ2n) is 6.96. The number of carbonyl (C=O) groups excluding carboxylic acids is 1. The normalized spacial score (nSPS) is 14.0. The minimum absolute atomic E-state index is 0.0652. The largest absolute Gasteiger partial charge is 0.394 e. The Morgan fingerprint density at radius 1 is 1.45 bits per heavy atom. The van der Waals surface area contributed by atoms with Gasteiger partial charge in [-0.05, 0) is 43.7 Å². The molecule has 10 heteroatoms. The first-order valence-corrected chi connectivity index (χ1v) is 8.85. The van der Waals surface area contributed by atoms with Crippen LogP contribution in [0, 0.1) is 18.3 Å². The van der Waals surface area contributed by atoms with Crippen LogP contribution in [0.3, 0.4) is 0 Å². The first kappa shape index (κ1) is 20.4. The van der Waals surface area contributed by atoms with Gasteiger partial charge in [-0.3, -0.25) is 14.6 Å². The van der Waals surface area contributed by atoms with E-state index in [2.05, 4.69) is 26.7 Å². The summed E-state index contributed by atoms with van der Waals surface area (Å²) in [5.41, 5.74) is 1.77. The Kier molecular flexibility index (Phi) is 5.61. The first-order valence-electron chi connectivity index (χ1n) is 8.85. The Hall–Kier alpha value is -3.31. The molecule has 0 bridgehead atoms. The number of hydrogen-bond acceptors (Lipinski definition) is 5. The third-order valence-corrected chi connectivity index (χ3v) is 4.34. The molecule has 29 heavy (non-hydrogen) atoms. The lowest BCUT2D eigenvalue weighted by atomic mass is 9.81. The third-order valence-electron chi connectivity index (χ3n) is 4.34. The minimum Gasteiger partial charge on any atom is -0.394 e. The fraction of sp³-hybridized carbons (Fsp3) is 0.263. The van der Waals surface area contributed by atoms with Crippen LogP contribution in [0.4, 0.5) is 0 Å². The van der Waals surface area contributed by atoms with Gasteiger partial charge in [0.25, 0.3) is 5.91 Å². The number of aromatic amines is 1. The molecule has 2 atom stereocenters. The summed E-state index contributed by atoms with van der Waals surface area (Å²) >= 11 is 0. The Morgan fingerprint density at radius 2 is 2.21 bits per heavy atom. The molecule has 0 aliphatic heterocycles. The van der Waals surface area contributed by atoms with Crippen molar-refractivity contribution < 1.29 is 9.90 Å². The van der Waals surface area contributed by atoms with Crippen molar-refractivity contribution in [3.8, 4) is 17.3 Å². The summed E-state index contributed by atoms with van der Waals surface area (Å²) in [6.45, 7) is 3.49. The van der Waals surface area contributed by atoms with Crippen molar-refractivity contribution in [3.05, 3.63) is 59.0 Å². The monoisotopic (exact) mass is 384 g/mol. The third kappa shape index (κ3) is 4.76. The van der Waals surface area contributed by atoms with Gasteiger partial charge in [0.15, 0.2) is 0 Å². The van der Waals surface area contributed by atoms with Crippen molar-refractivity contribution in [2.24, 2.45) is 0 Å². The number of aryl methyl sites for hydroxylation is 1. The molecule has 0 aliphatic carbocycles. The van der Waals surface area contributed by atoms with Crippen LogP contribution in [0.5, 0.6) is 0 Å². The molecular weight excluding hydrogens is 366 g/mol. The minimum atomic E-state index is -1.62. The van der Waals surface area contributed by atoms with E-state index in [1.165, 1.54) is 13.0 Å². The van der Waals surface area contributed by atoms with Crippen molar-refractivity contribution >= 4 is 21.6 Å². The van der Waals surface area contributed by atoms with E-state index in [9.17, 15) is 9.90 Å². The van der Waals surface area contributed by atoms with Gasteiger partial charge in [-0.25, -0.2) is 0 Å². The zero-order chi connectivity index (χ0) is 21.2. The Bertz CT molecular complexity index is 1080. The maximum atomic E-state index is 12.3. The molecule has 2 heterocycles. The Balaban J connectivity index is 1.64. The van der Waals surface area contributed by atoms with Gasteiger partial charge in [0.1, 0.15) is 21.4 Å². The van der Waals surface area contributed by atoms with E-state index in [1.807, 2.05) is 25.1 Å². The average Bonchev–Trinajstić information content (AvgIpc) is 3.31. The number of H-pyrrole nitrogens is 1. The first-order chi connectivity index (χ1) is 13.7. The lowest BCUT2D eigenvalue weighted by Gasteiger charge is -2.14. The molecule has 3 rings (SSSR count). The fourth-order valence-electron chi connectivity index (χ4n) is 2.75. The molecule has 2 unspecified atom stereocenters. The van der Waals surface area contributed by atoms with Gasteiger partial charge in [0.2, 0.25) is 0 Å². The highest BCUT2D eigenvalue weighted by Crippen LogP contribution is 2.20. The molecule has 0 fully saturated rings. The summed E-state index contributed by atoms with van der Waals surface area (Å²) in [4.78, 5) is 12.3. The highest BCUT2D eigenvalue weighted by molar-refractivity contribution is 6.14. The average molecular weight is 384 g/mol. The quantitative estimate of drug-likeness (QED) is 0.541. The molecule has 0 spiro atoms. The summed E-state index contributed by atoms with van der Waals surface area (Å²) in [7, 11) is 11.6. The lowest BCUT2D eigenvalue weighted by Crippen LogP contribution is -2.38. The van der Waals surface area contributed by atoms with Gasteiger partial charge < -0.3 is 10.4 Å². The Labute approximate surface area is 170 Å². The maximum Gasteiger partial charge on any atom is 0.271 e. The van der Waals surface area contributed by atoms with E-state index < -0.39 is 17.3 Å². The molecule has 142 valence electrons. The van der Waals surface area contributed by atoms with Crippen molar-refractivity contribution in [2.45, 2.75) is 31.8 Å². The fourth-order valence-corrected chi connectivity index (χ4v) is 2.75. The van der Waals surface area contributed by atoms with E-state index in [0.29, 0.717) is 5.56 Å². The van der Waals surface area contributed by atoms with E-state index in [0.717, 1.165) is 16.8 Å². The van der Waals surface area contributed by atoms with Gasteiger partial charge in [-0.15, -0.1) is 0 Å². The van der Waals surface area contributed by atoms with Crippen molar-refractivity contribution in [3.63, 3.8) is 0 Å². The number of aromatic nitrogens is 4. The molecule has 2 aromatic heterocycles. The standard InChI is InChI=1S/C19H18B2N6O2/c1-11-7-12(3-4-13(11)9-22)14-5-6-27(26-14)10-17(20)23-18(28)15-8-16(25-24-15)19(2,21)29/h3-8,17,29H,10H2,1-2H3,(H,23,28)(H,24,25). The second kappa shape index (κ2) is 7.97. The van der Waals surface area contributed by atoms with Crippen LogP contribution < -0.4 is 5.32 Å². The second-order valence-corrected chi connectivity index (χ2v) is 6.96. The molecule has 0 aliphatic rings. The van der Waals surface area contributed by atoms with Crippen LogP contribution in [0.2, 0.25) is 0 Å². The highest BCUT2D eigenvalue weighted by Gasteiger charge is 2.21.